The van der Waals surface area contributed by atoms with Crippen molar-refractivity contribution in [2.75, 3.05) is 19.7 Å². The van der Waals surface area contributed by atoms with Crippen LogP contribution in [0.25, 0.3) is 10.1 Å². The van der Waals surface area contributed by atoms with Gasteiger partial charge in [-0.1, -0.05) is 31.2 Å². The van der Waals surface area contributed by atoms with Crippen molar-refractivity contribution in [3.63, 3.8) is 0 Å². The van der Waals surface area contributed by atoms with Crippen molar-refractivity contribution in [3.05, 3.63) is 94.9 Å². The molecule has 3 aliphatic rings. The molecule has 0 spiro atoms. The number of esters is 1. The van der Waals surface area contributed by atoms with Crippen molar-refractivity contribution in [3.8, 4) is 5.75 Å². The molecule has 0 saturated carbocycles. The summed E-state index contributed by atoms with van der Waals surface area (Å²) in [4.78, 5) is 61.5. The standard InChI is InChI=1S/C40H44F2N5O7PS/c1-3-18-53-40(51)24(2)45-55(52,54-29-9-5-4-6-10-29)36(42)25-12-15-34-26(19-25)20-35(56-34)37(48)44-32-11-7-8-28-13-14-33(47(28)38(32)49)39(50)46-22-27(23-46)30-21-43-17-16-31(30)41/h4-6,9-10,12,15-17,19-21,24,27-28,32-33,36H,3,7-8,11,13-14,18,22-23H2,1-2H3,(H,44,48)(H,45,52)/t24-,28-,32-,33-,36?,55?/m0/s1. The quantitative estimate of drug-likeness (QED) is 0.109. The molecular weight excluding hydrogens is 764 g/mol. The van der Waals surface area contributed by atoms with E-state index >= 15 is 4.39 Å². The van der Waals surface area contributed by atoms with Gasteiger partial charge in [0.05, 0.1) is 11.5 Å². The number of halogens is 2. The molecule has 3 fully saturated rings. The number of ether oxygens (including phenoxy) is 1. The lowest BCUT2D eigenvalue weighted by atomic mass is 9.91. The highest BCUT2D eigenvalue weighted by Gasteiger charge is 2.48. The summed E-state index contributed by atoms with van der Waals surface area (Å²) in [5.74, 6) is -4.20. The van der Waals surface area contributed by atoms with Crippen molar-refractivity contribution in [1.29, 1.82) is 0 Å². The number of benzene rings is 2. The second-order valence-electron chi connectivity index (χ2n) is 14.6. The Hall–Kier alpha value is -4.72. The summed E-state index contributed by atoms with van der Waals surface area (Å²) in [6.07, 6.45) is 6.48. The van der Waals surface area contributed by atoms with E-state index in [0.717, 1.165) is 11.3 Å². The largest absolute Gasteiger partial charge is 0.465 e. The summed E-state index contributed by atoms with van der Waals surface area (Å²) in [6.45, 7) is 4.11. The molecule has 16 heteroatoms. The lowest BCUT2D eigenvalue weighted by Crippen LogP contribution is -2.58. The van der Waals surface area contributed by atoms with Crippen LogP contribution in [-0.2, 0) is 23.7 Å². The van der Waals surface area contributed by atoms with Gasteiger partial charge in [0.1, 0.15) is 29.7 Å². The molecule has 5 heterocycles. The maximum Gasteiger partial charge on any atom is 0.355 e. The lowest BCUT2D eigenvalue weighted by molar-refractivity contribution is -0.148. The first kappa shape index (κ1) is 39.5. The third-order valence-electron chi connectivity index (χ3n) is 10.6. The van der Waals surface area contributed by atoms with Crippen LogP contribution in [0.4, 0.5) is 8.78 Å². The number of pyridine rings is 1. The first-order valence-corrected chi connectivity index (χ1v) is 21.4. The highest BCUT2D eigenvalue weighted by Crippen LogP contribution is 2.58. The zero-order valence-corrected chi connectivity index (χ0v) is 32.8. The first-order chi connectivity index (χ1) is 27.0. The SMILES string of the molecule is CCCOC(=O)[C@H](C)NP(=O)(Oc1ccccc1)C(F)c1ccc2sc(C(=O)N[C@H]3CCC[C@H]4CC[C@@H](C(=O)N5CC(c6cnccc6F)C5)N4C3=O)cc2c1. The average molecular weight is 808 g/mol. The summed E-state index contributed by atoms with van der Waals surface area (Å²) < 4.78 is 56.6. The van der Waals surface area contributed by atoms with E-state index < -0.39 is 43.4 Å². The molecule has 2 N–H and O–H groups in total. The fourth-order valence-corrected chi connectivity index (χ4v) is 10.5. The number of aromatic nitrogens is 1. The second-order valence-corrected chi connectivity index (χ2v) is 17.7. The molecule has 0 bridgehead atoms. The fourth-order valence-electron chi connectivity index (χ4n) is 7.67. The molecule has 0 radical (unpaired) electrons. The van der Waals surface area contributed by atoms with Crippen LogP contribution in [0.15, 0.2) is 73.1 Å². The number of amides is 3. The smallest absolute Gasteiger partial charge is 0.355 e. The third kappa shape index (κ3) is 8.21. The Bertz CT molecular complexity index is 2150. The number of carbonyl (C=O) groups is 4. The van der Waals surface area contributed by atoms with Crippen LogP contribution in [0.1, 0.15) is 85.0 Å². The molecule has 2 unspecified atom stereocenters. The number of carbonyl (C=O) groups excluding carboxylic acids is 4. The minimum absolute atomic E-state index is 0.0111. The van der Waals surface area contributed by atoms with Crippen molar-refractivity contribution in [2.45, 2.75) is 88.4 Å². The number of nitrogens with one attached hydrogen (secondary N) is 2. The molecule has 2 aromatic heterocycles. The zero-order chi connectivity index (χ0) is 39.6. The number of alkyl halides is 1. The summed E-state index contributed by atoms with van der Waals surface area (Å²) >= 11 is 1.16. The van der Waals surface area contributed by atoms with E-state index in [2.05, 4.69) is 15.4 Å². The van der Waals surface area contributed by atoms with Crippen molar-refractivity contribution in [1.82, 2.24) is 25.2 Å². The average Bonchev–Trinajstić information content (AvgIpc) is 3.77. The third-order valence-corrected chi connectivity index (χ3v) is 13.8. The molecule has 0 aliphatic carbocycles. The van der Waals surface area contributed by atoms with Gasteiger partial charge in [-0.2, -0.15) is 0 Å². The van der Waals surface area contributed by atoms with Gasteiger partial charge >= 0.3 is 13.5 Å². The Kier molecular flexibility index (Phi) is 11.8. The molecule has 7 rings (SSSR count). The molecule has 2 aromatic carbocycles. The lowest BCUT2D eigenvalue weighted by Gasteiger charge is -2.42. The van der Waals surface area contributed by atoms with E-state index in [1.54, 1.807) is 40.1 Å². The van der Waals surface area contributed by atoms with E-state index in [9.17, 15) is 28.1 Å². The van der Waals surface area contributed by atoms with Crippen LogP contribution in [0.5, 0.6) is 5.75 Å². The molecule has 12 nitrogen and oxygen atoms in total. The van der Waals surface area contributed by atoms with Crippen LogP contribution in [0.2, 0.25) is 0 Å². The summed E-state index contributed by atoms with van der Waals surface area (Å²) in [5, 5.41) is 5.98. The number of hydrogen-bond donors (Lipinski definition) is 2. The number of thiophene rings is 1. The Morgan fingerprint density at radius 1 is 1.05 bits per heavy atom. The minimum atomic E-state index is -4.45. The van der Waals surface area contributed by atoms with Gasteiger partial charge in [0.15, 0.2) is 0 Å². The highest BCUT2D eigenvalue weighted by atomic mass is 32.1. The normalized spacial score (nSPS) is 22.0. The molecule has 3 saturated heterocycles. The fraction of sp³-hybridized carbons (Fsp3) is 0.425. The van der Waals surface area contributed by atoms with Crippen LogP contribution >= 0.6 is 18.9 Å². The number of likely N-dealkylation sites (tertiary alicyclic amines) is 1. The Labute approximate surface area is 327 Å². The number of hydrogen-bond acceptors (Lipinski definition) is 9. The van der Waals surface area contributed by atoms with Gasteiger partial charge in [-0.15, -0.1) is 11.3 Å². The molecule has 6 atom stereocenters. The molecular formula is C40H44F2N5O7PS. The topological polar surface area (TPSA) is 147 Å². The van der Waals surface area contributed by atoms with Crippen LogP contribution in [0, 0.1) is 5.82 Å². The molecule has 296 valence electrons. The maximum absolute atomic E-state index is 16.4. The number of rotatable bonds is 13. The molecule has 56 heavy (non-hydrogen) atoms. The monoisotopic (exact) mass is 807 g/mol. The van der Waals surface area contributed by atoms with Gasteiger partial charge in [0.2, 0.25) is 17.7 Å². The number of nitrogens with zero attached hydrogens (tertiary/aromatic N) is 3. The van der Waals surface area contributed by atoms with E-state index in [-0.39, 0.29) is 47.5 Å². The second kappa shape index (κ2) is 16.8. The van der Waals surface area contributed by atoms with Crippen LogP contribution in [-0.4, -0.2) is 82.3 Å². The van der Waals surface area contributed by atoms with Crippen molar-refractivity contribution in [2.24, 2.45) is 0 Å². The molecule has 3 amide bonds. The predicted octanol–water partition coefficient (Wildman–Crippen LogP) is 6.87. The van der Waals surface area contributed by atoms with Crippen molar-refractivity contribution >= 4 is 52.6 Å². The van der Waals surface area contributed by atoms with Gasteiger partial charge < -0.3 is 24.4 Å². The van der Waals surface area contributed by atoms with Gasteiger partial charge in [0, 0.05) is 47.7 Å². The predicted molar refractivity (Wildman–Crippen MR) is 206 cm³/mol. The summed E-state index contributed by atoms with van der Waals surface area (Å²) in [7, 11) is -4.45. The van der Waals surface area contributed by atoms with E-state index in [4.69, 9.17) is 9.26 Å². The van der Waals surface area contributed by atoms with Crippen LogP contribution in [0.3, 0.4) is 0 Å². The van der Waals surface area contributed by atoms with E-state index in [1.807, 2.05) is 6.92 Å². The maximum atomic E-state index is 16.4. The number of fused-ring (bicyclic) bond motifs is 2. The van der Waals surface area contributed by atoms with Gasteiger partial charge in [-0.25, -0.2) is 13.9 Å². The van der Waals surface area contributed by atoms with Gasteiger partial charge in [-0.05, 0) is 92.8 Å². The summed E-state index contributed by atoms with van der Waals surface area (Å²) in [6, 6.07) is 12.8. The minimum Gasteiger partial charge on any atom is -0.465 e. The van der Waals surface area contributed by atoms with Gasteiger partial charge in [-0.3, -0.25) is 28.7 Å². The Morgan fingerprint density at radius 2 is 1.84 bits per heavy atom. The van der Waals surface area contributed by atoms with Gasteiger partial charge in [0.25, 0.3) is 5.91 Å². The molecule has 4 aromatic rings. The first-order valence-electron chi connectivity index (χ1n) is 18.9. The van der Waals surface area contributed by atoms with E-state index in [1.165, 1.54) is 49.6 Å². The number of para-hydroxylation sites is 1. The summed E-state index contributed by atoms with van der Waals surface area (Å²) in [5.41, 5.74) is 0.485. The molecule has 3 aliphatic heterocycles. The van der Waals surface area contributed by atoms with E-state index in [0.29, 0.717) is 72.1 Å². The zero-order valence-electron chi connectivity index (χ0n) is 31.1. The Morgan fingerprint density at radius 3 is 2.59 bits per heavy atom. The Balaban J connectivity index is 1.04. The highest BCUT2D eigenvalue weighted by molar-refractivity contribution is 7.57. The van der Waals surface area contributed by atoms with Crippen molar-refractivity contribution < 1.29 is 41.8 Å². The van der Waals surface area contributed by atoms with Crippen LogP contribution < -0.4 is 14.9 Å².